The number of pyridine rings is 1. The molecule has 0 bridgehead atoms. The molecule has 20 heavy (non-hydrogen) atoms. The van der Waals surface area contributed by atoms with Crippen LogP contribution in [0.15, 0.2) is 18.2 Å². The summed E-state index contributed by atoms with van der Waals surface area (Å²) in [6.07, 6.45) is 6.51. The highest BCUT2D eigenvalue weighted by Gasteiger charge is 2.25. The summed E-state index contributed by atoms with van der Waals surface area (Å²) in [6, 6.07) is 5.84. The summed E-state index contributed by atoms with van der Waals surface area (Å²) in [4.78, 5) is 16.6. The fourth-order valence-corrected chi connectivity index (χ4v) is 3.25. The van der Waals surface area contributed by atoms with Gasteiger partial charge in [0.15, 0.2) is 0 Å². The summed E-state index contributed by atoms with van der Waals surface area (Å²) in [7, 11) is 0. The quantitative estimate of drug-likeness (QED) is 0.847. The minimum Gasteiger partial charge on any atom is -0.370 e. The first-order valence-electron chi connectivity index (χ1n) is 7.27. The SMILES string of the molecule is CCCNc1cccc(C(=O)NC2CCC(SC)C2)n1. The molecule has 1 aliphatic rings. The van der Waals surface area contributed by atoms with Crippen molar-refractivity contribution in [3.05, 3.63) is 23.9 Å². The van der Waals surface area contributed by atoms with E-state index in [2.05, 4.69) is 28.8 Å². The largest absolute Gasteiger partial charge is 0.370 e. The van der Waals surface area contributed by atoms with Crippen LogP contribution in [0.4, 0.5) is 5.82 Å². The van der Waals surface area contributed by atoms with Gasteiger partial charge in [-0.2, -0.15) is 11.8 Å². The van der Waals surface area contributed by atoms with Crippen molar-refractivity contribution in [1.29, 1.82) is 0 Å². The standard InChI is InChI=1S/C15H23N3OS/c1-3-9-16-14-6-4-5-13(18-14)15(19)17-11-7-8-12(10-11)20-2/h4-6,11-12H,3,7-10H2,1-2H3,(H,16,18)(H,17,19). The van der Waals surface area contributed by atoms with Gasteiger partial charge in [0.25, 0.3) is 5.91 Å². The molecule has 2 N–H and O–H groups in total. The topological polar surface area (TPSA) is 54.0 Å². The van der Waals surface area contributed by atoms with Gasteiger partial charge in [0.2, 0.25) is 0 Å². The lowest BCUT2D eigenvalue weighted by Crippen LogP contribution is -2.33. The summed E-state index contributed by atoms with van der Waals surface area (Å²) in [5, 5.41) is 6.99. The second-order valence-electron chi connectivity index (χ2n) is 5.18. The Bertz CT molecular complexity index is 452. The molecule has 1 amide bonds. The number of carbonyl (C=O) groups is 1. The van der Waals surface area contributed by atoms with E-state index in [4.69, 9.17) is 0 Å². The smallest absolute Gasteiger partial charge is 0.270 e. The number of amides is 1. The molecule has 1 aromatic heterocycles. The lowest BCUT2D eigenvalue weighted by molar-refractivity contribution is 0.0933. The molecule has 0 spiro atoms. The van der Waals surface area contributed by atoms with E-state index < -0.39 is 0 Å². The maximum Gasteiger partial charge on any atom is 0.270 e. The fraction of sp³-hybridized carbons (Fsp3) is 0.600. The summed E-state index contributed by atoms with van der Waals surface area (Å²) in [5.41, 5.74) is 0.499. The fourth-order valence-electron chi connectivity index (χ4n) is 2.46. The highest BCUT2D eigenvalue weighted by atomic mass is 32.2. The van der Waals surface area contributed by atoms with Gasteiger partial charge in [0.05, 0.1) is 0 Å². The Kier molecular flexibility index (Phi) is 5.71. The van der Waals surface area contributed by atoms with Gasteiger partial charge in [0, 0.05) is 17.8 Å². The van der Waals surface area contributed by atoms with Crippen LogP contribution in [0.3, 0.4) is 0 Å². The van der Waals surface area contributed by atoms with Gasteiger partial charge >= 0.3 is 0 Å². The van der Waals surface area contributed by atoms with Crippen LogP contribution in [-0.2, 0) is 0 Å². The van der Waals surface area contributed by atoms with E-state index in [0.717, 1.165) is 31.6 Å². The first kappa shape index (κ1) is 15.2. The summed E-state index contributed by atoms with van der Waals surface area (Å²) >= 11 is 1.89. The zero-order valence-corrected chi connectivity index (χ0v) is 13.0. The second-order valence-corrected chi connectivity index (χ2v) is 6.31. The maximum absolute atomic E-state index is 12.2. The summed E-state index contributed by atoms with van der Waals surface area (Å²) in [5.74, 6) is 0.713. The van der Waals surface area contributed by atoms with Crippen molar-refractivity contribution in [3.63, 3.8) is 0 Å². The van der Waals surface area contributed by atoms with Crippen LogP contribution in [0.25, 0.3) is 0 Å². The van der Waals surface area contributed by atoms with E-state index >= 15 is 0 Å². The monoisotopic (exact) mass is 293 g/mol. The van der Waals surface area contributed by atoms with Gasteiger partial charge in [-0.3, -0.25) is 4.79 Å². The van der Waals surface area contributed by atoms with Gasteiger partial charge in [-0.15, -0.1) is 0 Å². The molecule has 1 aromatic rings. The van der Waals surface area contributed by atoms with Gasteiger partial charge < -0.3 is 10.6 Å². The lowest BCUT2D eigenvalue weighted by Gasteiger charge is -2.13. The average molecular weight is 293 g/mol. The molecule has 0 radical (unpaired) electrons. The molecule has 4 nitrogen and oxygen atoms in total. The zero-order chi connectivity index (χ0) is 14.4. The Morgan fingerprint density at radius 2 is 2.30 bits per heavy atom. The molecule has 0 aromatic carbocycles. The molecule has 110 valence electrons. The minimum atomic E-state index is -0.0584. The van der Waals surface area contributed by atoms with Gasteiger partial charge in [-0.1, -0.05) is 13.0 Å². The summed E-state index contributed by atoms with van der Waals surface area (Å²) < 4.78 is 0. The van der Waals surface area contributed by atoms with E-state index in [1.54, 1.807) is 6.07 Å². The molecular weight excluding hydrogens is 270 g/mol. The average Bonchev–Trinajstić information content (AvgIpc) is 2.93. The van der Waals surface area contributed by atoms with E-state index in [0.29, 0.717) is 17.0 Å². The third kappa shape index (κ3) is 4.13. The maximum atomic E-state index is 12.2. The number of hydrogen-bond donors (Lipinski definition) is 2. The van der Waals surface area contributed by atoms with Crippen LogP contribution in [0, 0.1) is 0 Å². The number of thioether (sulfide) groups is 1. The molecule has 1 aliphatic carbocycles. The van der Waals surface area contributed by atoms with E-state index in [1.807, 2.05) is 23.9 Å². The highest BCUT2D eigenvalue weighted by molar-refractivity contribution is 7.99. The van der Waals surface area contributed by atoms with E-state index in [9.17, 15) is 4.79 Å². The number of nitrogens with one attached hydrogen (secondary N) is 2. The Hall–Kier alpha value is -1.23. The number of carbonyl (C=O) groups excluding carboxylic acids is 1. The van der Waals surface area contributed by atoms with Gasteiger partial charge in [-0.25, -0.2) is 4.98 Å². The molecule has 2 rings (SSSR count). The van der Waals surface area contributed by atoms with Gasteiger partial charge in [-0.05, 0) is 44.1 Å². The van der Waals surface area contributed by atoms with Crippen molar-refractivity contribution >= 4 is 23.5 Å². The predicted octanol–water partition coefficient (Wildman–Crippen LogP) is 2.92. The Morgan fingerprint density at radius 1 is 1.45 bits per heavy atom. The van der Waals surface area contributed by atoms with Crippen molar-refractivity contribution in [2.24, 2.45) is 0 Å². The highest BCUT2D eigenvalue weighted by Crippen LogP contribution is 2.28. The van der Waals surface area contributed by atoms with Crippen molar-refractivity contribution in [2.75, 3.05) is 18.1 Å². The Labute approximate surface area is 125 Å². The zero-order valence-electron chi connectivity index (χ0n) is 12.2. The molecule has 1 saturated carbocycles. The lowest BCUT2D eigenvalue weighted by atomic mass is 10.2. The number of rotatable bonds is 6. The van der Waals surface area contributed by atoms with Gasteiger partial charge in [0.1, 0.15) is 11.5 Å². The van der Waals surface area contributed by atoms with Crippen LogP contribution in [0.2, 0.25) is 0 Å². The van der Waals surface area contributed by atoms with Crippen LogP contribution in [0.1, 0.15) is 43.1 Å². The first-order valence-corrected chi connectivity index (χ1v) is 8.56. The van der Waals surface area contributed by atoms with Crippen LogP contribution >= 0.6 is 11.8 Å². The Balaban J connectivity index is 1.92. The van der Waals surface area contributed by atoms with Crippen LogP contribution < -0.4 is 10.6 Å². The third-order valence-corrected chi connectivity index (χ3v) is 4.69. The first-order chi connectivity index (χ1) is 9.72. The number of aromatic nitrogens is 1. The predicted molar refractivity (Wildman–Crippen MR) is 85.4 cm³/mol. The van der Waals surface area contributed by atoms with Crippen LogP contribution in [0.5, 0.6) is 0 Å². The second kappa shape index (κ2) is 7.53. The van der Waals surface area contributed by atoms with E-state index in [-0.39, 0.29) is 5.91 Å². The van der Waals surface area contributed by atoms with Crippen molar-refractivity contribution < 1.29 is 4.79 Å². The molecule has 5 heteroatoms. The van der Waals surface area contributed by atoms with Crippen molar-refractivity contribution in [2.45, 2.75) is 43.9 Å². The molecule has 2 atom stereocenters. The molecule has 0 saturated heterocycles. The number of nitrogens with zero attached hydrogens (tertiary/aromatic N) is 1. The normalized spacial score (nSPS) is 21.7. The molecule has 1 fully saturated rings. The summed E-state index contributed by atoms with van der Waals surface area (Å²) in [6.45, 7) is 2.97. The third-order valence-electron chi connectivity index (χ3n) is 3.59. The molecular formula is C15H23N3OS. The molecule has 1 heterocycles. The number of hydrogen-bond acceptors (Lipinski definition) is 4. The molecule has 0 aliphatic heterocycles. The van der Waals surface area contributed by atoms with Crippen molar-refractivity contribution in [3.8, 4) is 0 Å². The minimum absolute atomic E-state index is 0.0584. The van der Waals surface area contributed by atoms with Crippen molar-refractivity contribution in [1.82, 2.24) is 10.3 Å². The van der Waals surface area contributed by atoms with Crippen LogP contribution in [-0.4, -0.2) is 35.0 Å². The van der Waals surface area contributed by atoms with E-state index in [1.165, 1.54) is 6.42 Å². The Morgan fingerprint density at radius 3 is 3.00 bits per heavy atom. The molecule has 2 unspecified atom stereocenters. The number of anilines is 1.